The van der Waals surface area contributed by atoms with Crippen molar-refractivity contribution in [1.82, 2.24) is 0 Å². The summed E-state index contributed by atoms with van der Waals surface area (Å²) in [5.41, 5.74) is 0. The first-order valence-corrected chi connectivity index (χ1v) is 5.17. The van der Waals surface area contributed by atoms with Gasteiger partial charge in [-0.15, -0.1) is 0 Å². The standard InChI is InChI=1S/CH2O3.K.3Na.2H3O4P/c2-1(3)4;;;;;2*1-5(2,3)4/h(H2,2,3,4);;;;;2*(H3,1,2,3,4)/q;4*+1;;/p-4. The molecule has 0 unspecified atom stereocenters. The van der Waals surface area contributed by atoms with Gasteiger partial charge in [0.25, 0.3) is 7.82 Å². The maximum Gasteiger partial charge on any atom is 1.00 e. The molecule has 0 aromatic rings. The number of carboxylic acid groups (broad SMARTS) is 2. The van der Waals surface area contributed by atoms with Crippen LogP contribution in [0, 0.1) is 0 Å². The molecule has 0 rings (SSSR count). The van der Waals surface area contributed by atoms with Crippen LogP contribution in [0.1, 0.15) is 0 Å². The molecule has 0 atom stereocenters. The molecule has 0 aliphatic rings. The molecule has 0 radical (unpaired) electrons. The normalized spacial score (nSPS) is 7.89. The van der Waals surface area contributed by atoms with Crippen molar-refractivity contribution in [3.63, 3.8) is 0 Å². The molecule has 0 bridgehead atoms. The molecule has 0 aliphatic heterocycles. The summed E-state index contributed by atoms with van der Waals surface area (Å²) in [4.78, 5) is 55.7. The molecule has 0 amide bonds. The fourth-order valence-corrected chi connectivity index (χ4v) is 0. The second-order valence-electron chi connectivity index (χ2n) is 1.23. The third-order valence-corrected chi connectivity index (χ3v) is 0. The van der Waals surface area contributed by atoms with E-state index in [1.807, 2.05) is 0 Å². The average Bonchev–Trinajstić information content (AvgIpc) is 1.45. The summed E-state index contributed by atoms with van der Waals surface area (Å²) < 4.78 is 17.4. The van der Waals surface area contributed by atoms with E-state index in [1.165, 1.54) is 0 Å². The molecule has 11 nitrogen and oxygen atoms in total. The molecule has 0 fully saturated rings. The predicted molar refractivity (Wildman–Crippen MR) is 29.9 cm³/mol. The monoisotopic (exact) mass is 362 g/mol. The van der Waals surface area contributed by atoms with Gasteiger partial charge in [0.05, 0.1) is 7.82 Å². The van der Waals surface area contributed by atoms with Crippen molar-refractivity contribution in [3.05, 3.63) is 0 Å². The quantitative estimate of drug-likeness (QED) is 0.234. The number of phosphoric acid groups is 2. The third-order valence-electron chi connectivity index (χ3n) is 0. The van der Waals surface area contributed by atoms with E-state index in [0.717, 1.165) is 0 Å². The van der Waals surface area contributed by atoms with E-state index in [9.17, 15) is 0 Å². The minimum absolute atomic E-state index is 0. The molecular formula is CH4KNa3O11P2. The summed E-state index contributed by atoms with van der Waals surface area (Å²) in [6, 6.07) is 0. The molecule has 0 aromatic heterocycles. The van der Waals surface area contributed by atoms with E-state index < -0.39 is 21.8 Å². The van der Waals surface area contributed by atoms with Gasteiger partial charge in [0, 0.05) is 0 Å². The largest absolute Gasteiger partial charge is 1.00 e. The second-order valence-corrected chi connectivity index (χ2v) is 3.14. The van der Waals surface area contributed by atoms with Crippen LogP contribution in [0.15, 0.2) is 0 Å². The van der Waals surface area contributed by atoms with Crippen molar-refractivity contribution < 1.29 is 194 Å². The maximum atomic E-state index is 8.77. The Labute approximate surface area is 211 Å². The van der Waals surface area contributed by atoms with Crippen molar-refractivity contribution >= 4 is 21.8 Å². The third kappa shape index (κ3) is 432. The zero-order valence-corrected chi connectivity index (χ0v) is 21.0. The van der Waals surface area contributed by atoms with Crippen LogP contribution < -0.4 is 160 Å². The Morgan fingerprint density at radius 1 is 0.889 bits per heavy atom. The maximum absolute atomic E-state index is 8.77. The molecule has 17 heteroatoms. The topological polar surface area (TPSA) is 224 Å². The van der Waals surface area contributed by atoms with Crippen LogP contribution in [0.5, 0.6) is 0 Å². The van der Waals surface area contributed by atoms with Gasteiger partial charge >= 0.3 is 140 Å². The zero-order chi connectivity index (χ0) is 12.6. The van der Waals surface area contributed by atoms with Gasteiger partial charge in [-0.1, -0.05) is 0 Å². The van der Waals surface area contributed by atoms with Crippen LogP contribution in [0.4, 0.5) is 4.79 Å². The van der Waals surface area contributed by atoms with Gasteiger partial charge < -0.3 is 48.9 Å². The zero-order valence-electron chi connectivity index (χ0n) is 10.0. The Kier molecular flexibility index (Phi) is 56.1. The molecular weight excluding hydrogens is 358 g/mol. The molecule has 0 aromatic carbocycles. The summed E-state index contributed by atoms with van der Waals surface area (Å²) in [5, 5.41) is 15.3. The molecule has 18 heavy (non-hydrogen) atoms. The fourth-order valence-electron chi connectivity index (χ4n) is 0. The smallest absolute Gasteiger partial charge is 0.790 e. The van der Waals surface area contributed by atoms with Crippen LogP contribution in [0.3, 0.4) is 0 Å². The summed E-state index contributed by atoms with van der Waals surface area (Å²) in [6.07, 6.45) is -2.08. The van der Waals surface area contributed by atoms with E-state index in [4.69, 9.17) is 53.5 Å². The first kappa shape index (κ1) is 43.2. The SMILES string of the molecule is O=C([O-])O.O=P([O-])(O)O.O=P([O-])([O-])O.[K+].[Na+].[Na+].[Na+]. The van der Waals surface area contributed by atoms with Gasteiger partial charge in [-0.05, 0) is 0 Å². The van der Waals surface area contributed by atoms with Crippen molar-refractivity contribution in [2.75, 3.05) is 0 Å². The molecule has 0 aliphatic carbocycles. The molecule has 4 N–H and O–H groups in total. The number of rotatable bonds is 0. The van der Waals surface area contributed by atoms with Gasteiger partial charge in [-0.25, -0.2) is 0 Å². The minimum Gasteiger partial charge on any atom is -0.790 e. The van der Waals surface area contributed by atoms with Gasteiger partial charge in [0.2, 0.25) is 6.16 Å². The summed E-state index contributed by atoms with van der Waals surface area (Å²) in [7, 11) is -10.0. The van der Waals surface area contributed by atoms with Crippen LogP contribution in [0.2, 0.25) is 0 Å². The van der Waals surface area contributed by atoms with Crippen molar-refractivity contribution in [2.45, 2.75) is 0 Å². The molecule has 0 saturated carbocycles. The van der Waals surface area contributed by atoms with Gasteiger partial charge in [-0.3, -0.25) is 4.57 Å². The summed E-state index contributed by atoms with van der Waals surface area (Å²) in [6.45, 7) is 0. The minimum atomic E-state index is -5.14. The van der Waals surface area contributed by atoms with Crippen LogP contribution in [0.25, 0.3) is 0 Å². The fraction of sp³-hybridized carbons (Fsp3) is 0. The predicted octanol–water partition coefficient (Wildman–Crippen LogP) is -16.8. The second kappa shape index (κ2) is 23.4. The van der Waals surface area contributed by atoms with E-state index in [1.54, 1.807) is 0 Å². The van der Waals surface area contributed by atoms with Crippen LogP contribution in [-0.4, -0.2) is 25.9 Å². The molecule has 0 spiro atoms. The van der Waals surface area contributed by atoms with Gasteiger partial charge in [0.1, 0.15) is 0 Å². The van der Waals surface area contributed by atoms with Crippen molar-refractivity contribution in [2.24, 2.45) is 0 Å². The molecule has 0 heterocycles. The Hall–Kier alpha value is 4.13. The first-order chi connectivity index (χ1) is 5.73. The Morgan fingerprint density at radius 2 is 0.889 bits per heavy atom. The Balaban J connectivity index is -0.0000000183. The van der Waals surface area contributed by atoms with Crippen molar-refractivity contribution in [1.29, 1.82) is 0 Å². The summed E-state index contributed by atoms with van der Waals surface area (Å²) in [5.74, 6) is 0. The average molecular weight is 362 g/mol. The Bertz CT molecular complexity index is 206. The van der Waals surface area contributed by atoms with Crippen LogP contribution >= 0.6 is 15.6 Å². The van der Waals surface area contributed by atoms with Crippen molar-refractivity contribution in [3.8, 4) is 0 Å². The van der Waals surface area contributed by atoms with Crippen LogP contribution in [-0.2, 0) is 9.13 Å². The van der Waals surface area contributed by atoms with E-state index >= 15 is 0 Å². The number of hydrogen-bond acceptors (Lipinski definition) is 7. The Morgan fingerprint density at radius 3 is 0.889 bits per heavy atom. The van der Waals surface area contributed by atoms with E-state index in [-0.39, 0.29) is 140 Å². The number of hydrogen-bond donors (Lipinski definition) is 4. The first-order valence-electron chi connectivity index (χ1n) is 2.14. The molecule has 88 valence electrons. The van der Waals surface area contributed by atoms with E-state index in [2.05, 4.69) is 0 Å². The van der Waals surface area contributed by atoms with Gasteiger partial charge in [-0.2, -0.15) is 0 Å². The number of carbonyl (C=O) groups is 1. The summed E-state index contributed by atoms with van der Waals surface area (Å²) >= 11 is 0. The molecule has 0 saturated heterocycles. The van der Waals surface area contributed by atoms with Gasteiger partial charge in [0.15, 0.2) is 0 Å². The van der Waals surface area contributed by atoms with E-state index in [0.29, 0.717) is 0 Å².